The number of aryl methyl sites for hydroxylation is 2. The van der Waals surface area contributed by atoms with Gasteiger partial charge in [-0.3, -0.25) is 4.68 Å². The highest BCUT2D eigenvalue weighted by molar-refractivity contribution is 5.83. The average Bonchev–Trinajstić information content (AvgIpc) is 3.31. The van der Waals surface area contributed by atoms with E-state index >= 15 is 0 Å². The fourth-order valence-corrected chi connectivity index (χ4v) is 3.81. The van der Waals surface area contributed by atoms with Crippen LogP contribution in [-0.2, 0) is 0 Å². The van der Waals surface area contributed by atoms with Crippen LogP contribution in [0.1, 0.15) is 11.4 Å². The molecule has 0 unspecified atom stereocenters. The standard InChI is InChI=1S/C22H25FN8O2/c1-13-8-21(33-28-13)25-19-12-20(30-6-4-29(3)5-7-30)27-22(26-19)32-18-10-15-9-14(2)31(24)17(15)11-16(18)23/h8-12H,4-7,24H2,1-3H3,(H,25,26,27). The smallest absolute Gasteiger partial charge is 0.326 e. The number of fused-ring (bicyclic) bond motifs is 1. The normalized spacial score (nSPS) is 14.7. The van der Waals surface area contributed by atoms with Crippen molar-refractivity contribution in [2.75, 3.05) is 49.3 Å². The van der Waals surface area contributed by atoms with E-state index in [1.807, 2.05) is 26.0 Å². The van der Waals surface area contributed by atoms with E-state index in [2.05, 4.69) is 37.3 Å². The highest BCUT2D eigenvalue weighted by Gasteiger charge is 2.19. The molecule has 1 aromatic carbocycles. The van der Waals surface area contributed by atoms with Crippen molar-refractivity contribution in [1.29, 1.82) is 0 Å². The fraction of sp³-hybridized carbons (Fsp3) is 0.318. The molecule has 0 radical (unpaired) electrons. The predicted octanol–water partition coefficient (Wildman–Crippen LogP) is 3.18. The lowest BCUT2D eigenvalue weighted by Gasteiger charge is -2.33. The average molecular weight is 452 g/mol. The Labute approximate surface area is 189 Å². The van der Waals surface area contributed by atoms with Gasteiger partial charge in [0.05, 0.1) is 11.2 Å². The van der Waals surface area contributed by atoms with Gasteiger partial charge in [0.1, 0.15) is 11.6 Å². The van der Waals surface area contributed by atoms with E-state index in [4.69, 9.17) is 15.1 Å². The summed E-state index contributed by atoms with van der Waals surface area (Å²) in [6, 6.07) is 8.40. The van der Waals surface area contributed by atoms with Gasteiger partial charge in [0, 0.05) is 55.5 Å². The molecule has 1 saturated heterocycles. The number of nitrogen functional groups attached to an aromatic ring is 1. The van der Waals surface area contributed by atoms with Crippen LogP contribution in [0.25, 0.3) is 10.9 Å². The van der Waals surface area contributed by atoms with Crippen LogP contribution < -0.4 is 20.8 Å². The van der Waals surface area contributed by atoms with Gasteiger partial charge in [-0.15, -0.1) is 0 Å². The van der Waals surface area contributed by atoms with Crippen molar-refractivity contribution in [2.24, 2.45) is 0 Å². The molecular weight excluding hydrogens is 427 g/mol. The number of nitrogens with two attached hydrogens (primary N) is 1. The van der Waals surface area contributed by atoms with E-state index < -0.39 is 5.82 Å². The number of nitrogens with one attached hydrogen (secondary N) is 1. The number of aromatic nitrogens is 4. The van der Waals surface area contributed by atoms with Crippen molar-refractivity contribution < 1.29 is 13.7 Å². The van der Waals surface area contributed by atoms with Gasteiger partial charge in [-0.05, 0) is 33.0 Å². The SMILES string of the molecule is Cc1cc(Nc2cc(N3CCN(C)CC3)nc(Oc3cc4cc(C)n(N)c4cc3F)n2)on1. The zero-order valence-corrected chi connectivity index (χ0v) is 18.7. The molecule has 0 atom stereocenters. The number of likely N-dealkylation sites (N-methyl/N-ethyl adjacent to an activating group) is 1. The lowest BCUT2D eigenvalue weighted by atomic mass is 10.2. The maximum Gasteiger partial charge on any atom is 0.326 e. The van der Waals surface area contributed by atoms with Crippen LogP contribution in [0.4, 0.5) is 21.9 Å². The number of hydrogen-bond acceptors (Lipinski definition) is 9. The Kier molecular flexibility index (Phi) is 5.25. The van der Waals surface area contributed by atoms with Gasteiger partial charge >= 0.3 is 6.01 Å². The monoisotopic (exact) mass is 452 g/mol. The predicted molar refractivity (Wildman–Crippen MR) is 123 cm³/mol. The second kappa shape index (κ2) is 8.24. The molecule has 4 heterocycles. The number of benzene rings is 1. The quantitative estimate of drug-likeness (QED) is 0.441. The Balaban J connectivity index is 1.50. The van der Waals surface area contributed by atoms with Crippen molar-refractivity contribution in [3.63, 3.8) is 0 Å². The summed E-state index contributed by atoms with van der Waals surface area (Å²) in [6.07, 6.45) is 0. The van der Waals surface area contributed by atoms with E-state index in [1.165, 1.54) is 10.7 Å². The van der Waals surface area contributed by atoms with Gasteiger partial charge in [-0.1, -0.05) is 5.16 Å². The van der Waals surface area contributed by atoms with Crippen LogP contribution in [0.3, 0.4) is 0 Å². The van der Waals surface area contributed by atoms with Gasteiger partial charge in [0.15, 0.2) is 11.6 Å². The summed E-state index contributed by atoms with van der Waals surface area (Å²) in [5.41, 5.74) is 2.12. The van der Waals surface area contributed by atoms with E-state index in [9.17, 15) is 4.39 Å². The summed E-state index contributed by atoms with van der Waals surface area (Å²) < 4.78 is 27.4. The molecule has 33 heavy (non-hydrogen) atoms. The van der Waals surface area contributed by atoms with Gasteiger partial charge in [0.2, 0.25) is 5.88 Å². The minimum atomic E-state index is -0.554. The number of ether oxygens (including phenoxy) is 1. The molecule has 0 saturated carbocycles. The van der Waals surface area contributed by atoms with Gasteiger partial charge < -0.3 is 30.2 Å². The minimum Gasteiger partial charge on any atom is -0.421 e. The molecule has 172 valence electrons. The van der Waals surface area contributed by atoms with E-state index in [0.29, 0.717) is 23.0 Å². The molecule has 0 bridgehead atoms. The third-order valence-electron chi connectivity index (χ3n) is 5.68. The first-order chi connectivity index (χ1) is 15.9. The lowest BCUT2D eigenvalue weighted by Crippen LogP contribution is -2.44. The molecule has 0 aliphatic carbocycles. The summed E-state index contributed by atoms with van der Waals surface area (Å²) in [4.78, 5) is 13.4. The van der Waals surface area contributed by atoms with E-state index in [-0.39, 0.29) is 11.8 Å². The largest absolute Gasteiger partial charge is 0.421 e. The lowest BCUT2D eigenvalue weighted by molar-refractivity contribution is 0.311. The molecule has 1 aliphatic heterocycles. The van der Waals surface area contributed by atoms with Crippen molar-refractivity contribution in [1.82, 2.24) is 24.7 Å². The Morgan fingerprint density at radius 2 is 1.85 bits per heavy atom. The van der Waals surface area contributed by atoms with Gasteiger partial charge in [0.25, 0.3) is 0 Å². The highest BCUT2D eigenvalue weighted by Crippen LogP contribution is 2.31. The Morgan fingerprint density at radius 1 is 1.06 bits per heavy atom. The molecule has 1 fully saturated rings. The summed E-state index contributed by atoms with van der Waals surface area (Å²) in [7, 11) is 2.08. The number of anilines is 3. The zero-order valence-electron chi connectivity index (χ0n) is 18.7. The van der Waals surface area contributed by atoms with E-state index in [0.717, 1.165) is 43.0 Å². The third-order valence-corrected chi connectivity index (χ3v) is 5.68. The number of rotatable bonds is 5. The van der Waals surface area contributed by atoms with E-state index in [1.54, 1.807) is 12.1 Å². The molecule has 10 nitrogen and oxygen atoms in total. The third kappa shape index (κ3) is 4.27. The minimum absolute atomic E-state index is 0.0186. The highest BCUT2D eigenvalue weighted by atomic mass is 19.1. The second-order valence-corrected chi connectivity index (χ2v) is 8.24. The number of hydrogen-bond donors (Lipinski definition) is 2. The van der Waals surface area contributed by atoms with Crippen LogP contribution >= 0.6 is 0 Å². The van der Waals surface area contributed by atoms with Crippen LogP contribution in [0.15, 0.2) is 34.9 Å². The van der Waals surface area contributed by atoms with Crippen molar-refractivity contribution in [3.8, 4) is 11.8 Å². The number of nitrogens with zero attached hydrogens (tertiary/aromatic N) is 6. The van der Waals surface area contributed by atoms with Crippen LogP contribution in [0.2, 0.25) is 0 Å². The number of halogens is 1. The molecule has 4 aromatic rings. The maximum absolute atomic E-state index is 14.8. The van der Waals surface area contributed by atoms with Gasteiger partial charge in [-0.25, -0.2) is 4.39 Å². The van der Waals surface area contributed by atoms with Gasteiger partial charge in [-0.2, -0.15) is 9.97 Å². The first-order valence-corrected chi connectivity index (χ1v) is 10.6. The molecule has 0 spiro atoms. The zero-order chi connectivity index (χ0) is 23.1. The number of piperazine rings is 1. The summed E-state index contributed by atoms with van der Waals surface area (Å²) >= 11 is 0. The second-order valence-electron chi connectivity index (χ2n) is 8.24. The maximum atomic E-state index is 14.8. The first-order valence-electron chi connectivity index (χ1n) is 10.6. The van der Waals surface area contributed by atoms with Crippen molar-refractivity contribution in [2.45, 2.75) is 13.8 Å². The molecule has 0 amide bonds. The Hall–Kier alpha value is -3.86. The Morgan fingerprint density at radius 3 is 2.58 bits per heavy atom. The molecular formula is C22H25FN8O2. The summed E-state index contributed by atoms with van der Waals surface area (Å²) in [5.74, 6) is 7.01. The molecule has 5 rings (SSSR count). The molecule has 1 aliphatic rings. The van der Waals surface area contributed by atoms with Crippen molar-refractivity contribution in [3.05, 3.63) is 47.5 Å². The summed E-state index contributed by atoms with van der Waals surface area (Å²) in [6.45, 7) is 7.10. The van der Waals surface area contributed by atoms with Crippen LogP contribution in [0, 0.1) is 19.7 Å². The van der Waals surface area contributed by atoms with Crippen LogP contribution in [0.5, 0.6) is 11.8 Å². The molecule has 3 aromatic heterocycles. The topological polar surface area (TPSA) is 110 Å². The Bertz CT molecular complexity index is 1310. The first kappa shape index (κ1) is 21.0. The van der Waals surface area contributed by atoms with Crippen LogP contribution in [-0.4, -0.2) is 57.9 Å². The fourth-order valence-electron chi connectivity index (χ4n) is 3.81. The van der Waals surface area contributed by atoms with Crippen molar-refractivity contribution >= 4 is 28.4 Å². The molecule has 11 heteroatoms. The molecule has 3 N–H and O–H groups in total. The summed E-state index contributed by atoms with van der Waals surface area (Å²) in [5, 5.41) is 7.73.